The highest BCUT2D eigenvalue weighted by atomic mass is 16.5. The van der Waals surface area contributed by atoms with E-state index in [1.54, 1.807) is 48.1 Å². The molecule has 1 aromatic carbocycles. The highest BCUT2D eigenvalue weighted by Crippen LogP contribution is 2.22. The number of nitrogens with two attached hydrogens (primary N) is 2. The molecular formula is C22H23N9O2. The third-order valence-corrected chi connectivity index (χ3v) is 4.65. The Morgan fingerprint density at radius 2 is 1.88 bits per heavy atom. The molecule has 0 unspecified atom stereocenters. The van der Waals surface area contributed by atoms with Gasteiger partial charge < -0.3 is 15.9 Å². The van der Waals surface area contributed by atoms with Crippen molar-refractivity contribution >= 4 is 28.7 Å². The van der Waals surface area contributed by atoms with E-state index in [0.717, 1.165) is 5.52 Å². The lowest BCUT2D eigenvalue weighted by atomic mass is 10.2. The van der Waals surface area contributed by atoms with Gasteiger partial charge in [-0.05, 0) is 36.4 Å². The molecule has 4 aromatic rings. The summed E-state index contributed by atoms with van der Waals surface area (Å²) in [5, 5.41) is 7.82. The maximum atomic E-state index is 12.3. The number of hydrazine groups is 1. The molecule has 0 saturated carbocycles. The summed E-state index contributed by atoms with van der Waals surface area (Å²) < 4.78 is 7.56. The van der Waals surface area contributed by atoms with Gasteiger partial charge in [-0.1, -0.05) is 24.3 Å². The van der Waals surface area contributed by atoms with E-state index in [-0.39, 0.29) is 30.9 Å². The summed E-state index contributed by atoms with van der Waals surface area (Å²) in [7, 11) is 1.61. The number of carbonyl (C=O) groups is 1. The molecule has 5 N–H and O–H groups in total. The molecule has 0 spiro atoms. The van der Waals surface area contributed by atoms with E-state index in [9.17, 15) is 4.79 Å². The average Bonchev–Trinajstić information content (AvgIpc) is 3.17. The van der Waals surface area contributed by atoms with E-state index < -0.39 is 0 Å². The molecule has 0 aliphatic carbocycles. The Balaban J connectivity index is 1.50. The number of aromatic nitrogens is 4. The Morgan fingerprint density at radius 1 is 1.09 bits per heavy atom. The smallest absolute Gasteiger partial charge is 0.304 e. The third kappa shape index (κ3) is 5.05. The van der Waals surface area contributed by atoms with Crippen LogP contribution >= 0.6 is 0 Å². The molecule has 11 nitrogen and oxygen atoms in total. The molecule has 0 aliphatic heterocycles. The summed E-state index contributed by atoms with van der Waals surface area (Å²) in [6.07, 6.45) is 1.80. The Kier molecular flexibility index (Phi) is 6.41. The summed E-state index contributed by atoms with van der Waals surface area (Å²) in [5.74, 6) is 11.9. The predicted octanol–water partition coefficient (Wildman–Crippen LogP) is 1.47. The quantitative estimate of drug-likeness (QED) is 0.175. The van der Waals surface area contributed by atoms with Gasteiger partial charge in [0.05, 0.1) is 23.1 Å². The second-order valence-corrected chi connectivity index (χ2v) is 7.11. The SMILES string of the molecule is CN(N)/C(=N\N)n1c(OCc2cccc(NC(=O)Cc3ccccn3)n2)nc2ccccc21. The molecule has 33 heavy (non-hydrogen) atoms. The lowest BCUT2D eigenvalue weighted by Gasteiger charge is -2.17. The van der Waals surface area contributed by atoms with Crippen LogP contribution < -0.4 is 21.7 Å². The number of imidazole rings is 1. The number of benzene rings is 1. The average molecular weight is 445 g/mol. The van der Waals surface area contributed by atoms with Gasteiger partial charge in [0, 0.05) is 18.9 Å². The van der Waals surface area contributed by atoms with Gasteiger partial charge in [0.1, 0.15) is 12.4 Å². The van der Waals surface area contributed by atoms with Crippen LogP contribution in [-0.4, -0.2) is 43.4 Å². The van der Waals surface area contributed by atoms with E-state index in [2.05, 4.69) is 25.4 Å². The zero-order valence-electron chi connectivity index (χ0n) is 17.9. The highest BCUT2D eigenvalue weighted by molar-refractivity contribution is 5.93. The number of fused-ring (bicyclic) bond motifs is 1. The molecule has 0 atom stereocenters. The lowest BCUT2D eigenvalue weighted by Crippen LogP contribution is -2.39. The van der Waals surface area contributed by atoms with Gasteiger partial charge >= 0.3 is 6.01 Å². The maximum absolute atomic E-state index is 12.3. The van der Waals surface area contributed by atoms with Crippen molar-refractivity contribution in [3.05, 3.63) is 78.2 Å². The Hall–Kier alpha value is -4.51. The molecule has 0 saturated heterocycles. The third-order valence-electron chi connectivity index (χ3n) is 4.65. The van der Waals surface area contributed by atoms with Crippen LogP contribution in [0.15, 0.2) is 72.0 Å². The van der Waals surface area contributed by atoms with E-state index in [0.29, 0.717) is 22.7 Å². The van der Waals surface area contributed by atoms with Crippen molar-refractivity contribution in [2.75, 3.05) is 12.4 Å². The minimum Gasteiger partial charge on any atom is -0.458 e. The largest absolute Gasteiger partial charge is 0.458 e. The summed E-state index contributed by atoms with van der Waals surface area (Å²) in [6.45, 7) is 0.0966. The van der Waals surface area contributed by atoms with E-state index in [1.165, 1.54) is 5.01 Å². The van der Waals surface area contributed by atoms with E-state index >= 15 is 0 Å². The Bertz CT molecular complexity index is 1290. The first-order chi connectivity index (χ1) is 16.0. The molecular weight excluding hydrogens is 422 g/mol. The van der Waals surface area contributed by atoms with Crippen molar-refractivity contribution in [3.63, 3.8) is 0 Å². The monoisotopic (exact) mass is 445 g/mol. The van der Waals surface area contributed by atoms with Crippen molar-refractivity contribution in [1.29, 1.82) is 0 Å². The highest BCUT2D eigenvalue weighted by Gasteiger charge is 2.19. The maximum Gasteiger partial charge on any atom is 0.304 e. The van der Waals surface area contributed by atoms with Gasteiger partial charge in [0.25, 0.3) is 0 Å². The van der Waals surface area contributed by atoms with Crippen LogP contribution in [0.2, 0.25) is 0 Å². The van der Waals surface area contributed by atoms with Crippen molar-refractivity contribution < 1.29 is 9.53 Å². The van der Waals surface area contributed by atoms with Crippen molar-refractivity contribution in [2.24, 2.45) is 16.8 Å². The number of rotatable bonds is 6. The van der Waals surface area contributed by atoms with Crippen molar-refractivity contribution in [2.45, 2.75) is 13.0 Å². The first-order valence-electron chi connectivity index (χ1n) is 10.1. The number of hydrogen-bond donors (Lipinski definition) is 3. The number of carbonyl (C=O) groups excluding carboxylic acids is 1. The molecule has 3 heterocycles. The molecule has 1 amide bonds. The van der Waals surface area contributed by atoms with Crippen LogP contribution in [-0.2, 0) is 17.8 Å². The van der Waals surface area contributed by atoms with Crippen LogP contribution in [0, 0.1) is 0 Å². The Morgan fingerprint density at radius 3 is 2.64 bits per heavy atom. The van der Waals surface area contributed by atoms with Gasteiger partial charge in [0.15, 0.2) is 0 Å². The molecule has 0 fully saturated rings. The molecule has 168 valence electrons. The first-order valence-corrected chi connectivity index (χ1v) is 10.1. The standard InChI is InChI=1S/C22H23N9O2/c1-30(24)21(29-23)31-18-10-3-2-9-17(18)27-22(31)33-14-16-8-6-11-19(26-16)28-20(32)13-15-7-4-5-12-25-15/h2-12H,13-14,23-24H2,1H3,(H,26,28,32)/b29-21+. The minimum atomic E-state index is -0.212. The molecule has 4 rings (SSSR count). The zero-order valence-corrected chi connectivity index (χ0v) is 17.9. The number of hydrogen-bond acceptors (Lipinski definition) is 8. The Labute approximate surface area is 189 Å². The van der Waals surface area contributed by atoms with Crippen molar-refractivity contribution in [1.82, 2.24) is 24.5 Å². The summed E-state index contributed by atoms with van der Waals surface area (Å²) >= 11 is 0. The normalized spacial score (nSPS) is 11.4. The number of hydrazone groups is 1. The molecule has 0 radical (unpaired) electrons. The molecule has 0 aliphatic rings. The number of nitrogens with zero attached hydrogens (tertiary/aromatic N) is 6. The first kappa shape index (κ1) is 21.7. The number of pyridine rings is 2. The minimum absolute atomic E-state index is 0.0966. The predicted molar refractivity (Wildman–Crippen MR) is 124 cm³/mol. The number of anilines is 1. The van der Waals surface area contributed by atoms with Crippen molar-refractivity contribution in [3.8, 4) is 6.01 Å². The van der Waals surface area contributed by atoms with Gasteiger partial charge in [-0.3, -0.25) is 14.8 Å². The fraction of sp³-hybridized carbons (Fsp3) is 0.136. The van der Waals surface area contributed by atoms with Gasteiger partial charge in [-0.15, -0.1) is 5.10 Å². The fourth-order valence-corrected chi connectivity index (χ4v) is 3.22. The van der Waals surface area contributed by atoms with Gasteiger partial charge in [-0.2, -0.15) is 4.98 Å². The number of para-hydroxylation sites is 2. The number of amides is 1. The van der Waals surface area contributed by atoms with Crippen LogP contribution in [0.4, 0.5) is 5.82 Å². The van der Waals surface area contributed by atoms with E-state index in [1.807, 2.05) is 30.3 Å². The summed E-state index contributed by atoms with van der Waals surface area (Å²) in [4.78, 5) is 25.4. The number of nitrogens with one attached hydrogen (secondary N) is 1. The van der Waals surface area contributed by atoms with Crippen LogP contribution in [0.3, 0.4) is 0 Å². The number of ether oxygens (including phenoxy) is 1. The molecule has 3 aromatic heterocycles. The summed E-state index contributed by atoms with van der Waals surface area (Å²) in [5.41, 5.74) is 2.70. The second-order valence-electron chi connectivity index (χ2n) is 7.11. The van der Waals surface area contributed by atoms with Gasteiger partial charge in [0.2, 0.25) is 11.9 Å². The fourth-order valence-electron chi connectivity index (χ4n) is 3.22. The van der Waals surface area contributed by atoms with Crippen LogP contribution in [0.25, 0.3) is 11.0 Å². The van der Waals surface area contributed by atoms with E-state index in [4.69, 9.17) is 16.4 Å². The molecule has 0 bridgehead atoms. The topological polar surface area (TPSA) is 150 Å². The molecule has 11 heteroatoms. The van der Waals surface area contributed by atoms with Crippen LogP contribution in [0.1, 0.15) is 11.4 Å². The van der Waals surface area contributed by atoms with Crippen LogP contribution in [0.5, 0.6) is 6.01 Å². The summed E-state index contributed by atoms with van der Waals surface area (Å²) in [6, 6.07) is 18.4. The zero-order chi connectivity index (χ0) is 23.2. The van der Waals surface area contributed by atoms with Gasteiger partial charge in [-0.25, -0.2) is 15.4 Å². The lowest BCUT2D eigenvalue weighted by molar-refractivity contribution is -0.115. The second kappa shape index (κ2) is 9.75.